The number of aromatic nitrogens is 2. The first-order chi connectivity index (χ1) is 9.33. The van der Waals surface area contributed by atoms with Crippen molar-refractivity contribution in [3.8, 4) is 0 Å². The van der Waals surface area contributed by atoms with E-state index in [0.29, 0.717) is 17.3 Å². The minimum Gasteiger partial charge on any atom is -0.370 e. The molecule has 110 valence electrons. The summed E-state index contributed by atoms with van der Waals surface area (Å²) in [6, 6.07) is 0. The van der Waals surface area contributed by atoms with Crippen molar-refractivity contribution in [2.45, 2.75) is 53.4 Å². The van der Waals surface area contributed by atoms with E-state index in [4.69, 9.17) is 11.1 Å². The lowest BCUT2D eigenvalue weighted by Crippen LogP contribution is -2.30. The molecule has 5 nitrogen and oxygen atoms in total. The SMILES string of the molecule is CCC(C)(C)C1CCc2nc(NC(=N)N)nc(C)c2C1. The normalized spacial score (nSPS) is 18.5. The van der Waals surface area contributed by atoms with Gasteiger partial charge in [0.05, 0.1) is 0 Å². The van der Waals surface area contributed by atoms with E-state index in [1.807, 2.05) is 6.92 Å². The number of hydrogen-bond acceptors (Lipinski definition) is 3. The lowest BCUT2D eigenvalue weighted by molar-refractivity contribution is 0.181. The molecule has 1 heterocycles. The second-order valence-electron chi connectivity index (χ2n) is 6.38. The van der Waals surface area contributed by atoms with Gasteiger partial charge in [0.1, 0.15) is 0 Å². The first-order valence-electron chi connectivity index (χ1n) is 7.31. The number of nitrogens with one attached hydrogen (secondary N) is 2. The molecule has 1 aromatic rings. The van der Waals surface area contributed by atoms with Crippen molar-refractivity contribution in [3.63, 3.8) is 0 Å². The van der Waals surface area contributed by atoms with Gasteiger partial charge in [0.15, 0.2) is 5.96 Å². The van der Waals surface area contributed by atoms with Crippen LogP contribution in [-0.2, 0) is 12.8 Å². The lowest BCUT2D eigenvalue weighted by atomic mass is 9.69. The van der Waals surface area contributed by atoms with E-state index in [1.54, 1.807) is 0 Å². The van der Waals surface area contributed by atoms with Gasteiger partial charge in [-0.05, 0) is 43.1 Å². The molecule has 5 heteroatoms. The van der Waals surface area contributed by atoms with Crippen LogP contribution in [0.25, 0.3) is 0 Å². The van der Waals surface area contributed by atoms with Crippen molar-refractivity contribution in [1.29, 1.82) is 5.41 Å². The Morgan fingerprint density at radius 1 is 1.45 bits per heavy atom. The summed E-state index contributed by atoms with van der Waals surface area (Å²) < 4.78 is 0. The molecule has 0 saturated carbocycles. The van der Waals surface area contributed by atoms with E-state index in [0.717, 1.165) is 24.2 Å². The van der Waals surface area contributed by atoms with Gasteiger partial charge in [-0.25, -0.2) is 9.97 Å². The van der Waals surface area contributed by atoms with Gasteiger partial charge in [0.25, 0.3) is 0 Å². The molecule has 2 rings (SSSR count). The molecule has 0 aliphatic heterocycles. The number of hydrogen-bond donors (Lipinski definition) is 3. The Bertz CT molecular complexity index is 521. The van der Waals surface area contributed by atoms with Gasteiger partial charge in [-0.3, -0.25) is 10.7 Å². The number of guanidine groups is 1. The third kappa shape index (κ3) is 2.92. The van der Waals surface area contributed by atoms with Crippen molar-refractivity contribution in [1.82, 2.24) is 9.97 Å². The molecular weight excluding hydrogens is 250 g/mol. The summed E-state index contributed by atoms with van der Waals surface area (Å²) in [5.41, 5.74) is 9.12. The average Bonchev–Trinajstić information content (AvgIpc) is 2.37. The molecule has 0 fully saturated rings. The highest BCUT2D eigenvalue weighted by Crippen LogP contribution is 2.40. The third-order valence-electron chi connectivity index (χ3n) is 4.74. The van der Waals surface area contributed by atoms with Crippen LogP contribution in [0.1, 0.15) is 50.6 Å². The Kier molecular flexibility index (Phi) is 3.97. The van der Waals surface area contributed by atoms with Gasteiger partial charge in [-0.15, -0.1) is 0 Å². The fraction of sp³-hybridized carbons (Fsp3) is 0.667. The Morgan fingerprint density at radius 2 is 2.15 bits per heavy atom. The van der Waals surface area contributed by atoms with E-state index >= 15 is 0 Å². The van der Waals surface area contributed by atoms with Crippen molar-refractivity contribution in [3.05, 3.63) is 17.0 Å². The molecule has 0 aromatic carbocycles. The van der Waals surface area contributed by atoms with E-state index in [9.17, 15) is 0 Å². The van der Waals surface area contributed by atoms with Gasteiger partial charge >= 0.3 is 0 Å². The molecule has 20 heavy (non-hydrogen) atoms. The number of fused-ring (bicyclic) bond motifs is 1. The monoisotopic (exact) mass is 275 g/mol. The maximum Gasteiger partial charge on any atom is 0.229 e. The van der Waals surface area contributed by atoms with Crippen molar-refractivity contribution in [2.24, 2.45) is 17.1 Å². The van der Waals surface area contributed by atoms with Gasteiger partial charge in [0.2, 0.25) is 5.95 Å². The standard InChI is InChI=1S/C15H25N5/c1-5-15(3,4)10-6-7-12-11(8-10)9(2)18-14(19-12)20-13(16)17/h10H,5-8H2,1-4H3,(H4,16,17,18,19,20). The second kappa shape index (κ2) is 5.38. The van der Waals surface area contributed by atoms with Crippen molar-refractivity contribution in [2.75, 3.05) is 5.32 Å². The highest BCUT2D eigenvalue weighted by molar-refractivity contribution is 5.87. The number of nitrogens with two attached hydrogens (primary N) is 1. The quantitative estimate of drug-likeness (QED) is 0.584. The van der Waals surface area contributed by atoms with Gasteiger partial charge in [0, 0.05) is 11.4 Å². The zero-order valence-electron chi connectivity index (χ0n) is 12.9. The molecule has 1 aliphatic rings. The molecular formula is C15H25N5. The summed E-state index contributed by atoms with van der Waals surface area (Å²) in [4.78, 5) is 8.94. The third-order valence-corrected chi connectivity index (χ3v) is 4.74. The summed E-state index contributed by atoms with van der Waals surface area (Å²) in [6.45, 7) is 8.99. The van der Waals surface area contributed by atoms with Crippen molar-refractivity contribution < 1.29 is 0 Å². The summed E-state index contributed by atoms with van der Waals surface area (Å²) in [6.07, 6.45) is 4.41. The molecule has 0 saturated heterocycles. The number of nitrogens with zero attached hydrogens (tertiary/aromatic N) is 2. The lowest BCUT2D eigenvalue weighted by Gasteiger charge is -2.37. The van der Waals surface area contributed by atoms with Crippen molar-refractivity contribution >= 4 is 11.9 Å². The molecule has 0 amide bonds. The molecule has 1 aromatic heterocycles. The predicted molar refractivity (Wildman–Crippen MR) is 81.9 cm³/mol. The fourth-order valence-electron chi connectivity index (χ4n) is 2.92. The minimum absolute atomic E-state index is 0.120. The van der Waals surface area contributed by atoms with Crippen LogP contribution in [-0.4, -0.2) is 15.9 Å². The summed E-state index contributed by atoms with van der Waals surface area (Å²) in [5, 5.41) is 9.96. The first-order valence-corrected chi connectivity index (χ1v) is 7.31. The molecule has 0 radical (unpaired) electrons. The minimum atomic E-state index is -0.120. The van der Waals surface area contributed by atoms with Gasteiger partial charge in [-0.1, -0.05) is 27.2 Å². The molecule has 1 atom stereocenters. The zero-order valence-corrected chi connectivity index (χ0v) is 12.9. The van der Waals surface area contributed by atoms with Crippen LogP contribution in [0.4, 0.5) is 5.95 Å². The fourth-order valence-corrected chi connectivity index (χ4v) is 2.92. The Hall–Kier alpha value is -1.65. The van der Waals surface area contributed by atoms with Crippen LogP contribution in [0.3, 0.4) is 0 Å². The Balaban J connectivity index is 2.27. The van der Waals surface area contributed by atoms with E-state index in [1.165, 1.54) is 18.4 Å². The van der Waals surface area contributed by atoms with Crippen LogP contribution in [0.5, 0.6) is 0 Å². The van der Waals surface area contributed by atoms with Crippen LogP contribution in [0.2, 0.25) is 0 Å². The Labute approximate surface area is 120 Å². The summed E-state index contributed by atoms with van der Waals surface area (Å²) >= 11 is 0. The summed E-state index contributed by atoms with van der Waals surface area (Å²) in [7, 11) is 0. The van der Waals surface area contributed by atoms with E-state index < -0.39 is 0 Å². The van der Waals surface area contributed by atoms with E-state index in [2.05, 4.69) is 36.1 Å². The summed E-state index contributed by atoms with van der Waals surface area (Å²) in [5.74, 6) is 1.01. The highest BCUT2D eigenvalue weighted by atomic mass is 15.2. The van der Waals surface area contributed by atoms with E-state index in [-0.39, 0.29) is 5.96 Å². The first kappa shape index (κ1) is 14.8. The van der Waals surface area contributed by atoms with Crippen LogP contribution >= 0.6 is 0 Å². The van der Waals surface area contributed by atoms with Crippen LogP contribution < -0.4 is 11.1 Å². The van der Waals surface area contributed by atoms with Gasteiger partial charge < -0.3 is 5.73 Å². The average molecular weight is 275 g/mol. The molecule has 0 bridgehead atoms. The van der Waals surface area contributed by atoms with Crippen LogP contribution in [0, 0.1) is 23.7 Å². The molecule has 0 spiro atoms. The maximum absolute atomic E-state index is 7.27. The number of aryl methyl sites for hydroxylation is 2. The second-order valence-corrected chi connectivity index (χ2v) is 6.38. The van der Waals surface area contributed by atoms with Crippen LogP contribution in [0.15, 0.2) is 0 Å². The largest absolute Gasteiger partial charge is 0.370 e. The zero-order chi connectivity index (χ0) is 14.9. The molecule has 1 unspecified atom stereocenters. The number of rotatable bonds is 3. The highest BCUT2D eigenvalue weighted by Gasteiger charge is 2.32. The smallest absolute Gasteiger partial charge is 0.229 e. The maximum atomic E-state index is 7.27. The predicted octanol–water partition coefficient (Wildman–Crippen LogP) is 2.63. The number of anilines is 1. The topological polar surface area (TPSA) is 87.7 Å². The molecule has 1 aliphatic carbocycles. The Morgan fingerprint density at radius 3 is 2.75 bits per heavy atom. The molecule has 4 N–H and O–H groups in total. The van der Waals surface area contributed by atoms with Gasteiger partial charge in [-0.2, -0.15) is 0 Å².